The number of nitrogens with two attached hydrogens (primary N) is 1. The summed E-state index contributed by atoms with van der Waals surface area (Å²) < 4.78 is 0. The van der Waals surface area contributed by atoms with Crippen molar-refractivity contribution in [1.29, 1.82) is 0 Å². The molecule has 28 heavy (non-hydrogen) atoms. The number of carbonyl (C=O) groups is 5. The lowest BCUT2D eigenvalue weighted by molar-refractivity contribution is -0.135. The molecule has 12 heteroatoms. The van der Waals surface area contributed by atoms with Crippen LogP contribution in [0.1, 0.15) is 54.4 Å². The lowest BCUT2D eigenvalue weighted by Gasteiger charge is -2.04. The number of aliphatic carboxylic acids is 4. The van der Waals surface area contributed by atoms with Gasteiger partial charge in [0.25, 0.3) is 23.9 Å². The Morgan fingerprint density at radius 1 is 0.643 bits per heavy atom. The Morgan fingerprint density at radius 3 is 0.786 bits per heavy atom. The molecular formula is C16H35NO11. The van der Waals surface area contributed by atoms with E-state index in [0.717, 1.165) is 40.5 Å². The molecule has 0 rings (SSSR count). The molecule has 0 fully saturated rings. The van der Waals surface area contributed by atoms with Crippen LogP contribution < -0.4 is 5.73 Å². The number of carbonyl (C=O) groups excluding carboxylic acids is 1. The zero-order valence-electron chi connectivity index (χ0n) is 17.2. The van der Waals surface area contributed by atoms with Gasteiger partial charge in [-0.05, 0) is 12.8 Å². The van der Waals surface area contributed by atoms with E-state index in [1.54, 1.807) is 0 Å². The lowest BCUT2D eigenvalue weighted by Crippen LogP contribution is -2.21. The van der Waals surface area contributed by atoms with E-state index in [2.05, 4.69) is 0 Å². The average molecular weight is 417 g/mol. The fraction of sp³-hybridized carbons (Fsp3) is 0.688. The summed E-state index contributed by atoms with van der Waals surface area (Å²) in [6.45, 7) is 8.03. The minimum absolute atomic E-state index is 0.0926. The molecule has 0 saturated carbocycles. The van der Waals surface area contributed by atoms with Crippen LogP contribution in [-0.2, 0) is 24.0 Å². The SMILES string of the molecule is CC(=O)O.CC(=O)O.CC(=O)O.CC(=O)O.CCC(CC)C(N)=O.OCCO. The largest absolute Gasteiger partial charge is 0.481 e. The first kappa shape index (κ1) is 40.1. The van der Waals surface area contributed by atoms with Crippen LogP contribution in [0.25, 0.3) is 0 Å². The number of aliphatic hydroxyl groups is 2. The van der Waals surface area contributed by atoms with E-state index in [4.69, 9.17) is 55.6 Å². The van der Waals surface area contributed by atoms with Gasteiger partial charge in [0.1, 0.15) is 0 Å². The van der Waals surface area contributed by atoms with Crippen LogP contribution in [0.15, 0.2) is 0 Å². The van der Waals surface area contributed by atoms with Gasteiger partial charge in [-0.25, -0.2) is 0 Å². The molecule has 0 aliphatic rings. The van der Waals surface area contributed by atoms with E-state index in [9.17, 15) is 4.79 Å². The molecule has 0 atom stereocenters. The molecule has 8 N–H and O–H groups in total. The van der Waals surface area contributed by atoms with E-state index in [0.29, 0.717) is 0 Å². The first-order valence-corrected chi connectivity index (χ1v) is 7.86. The summed E-state index contributed by atoms with van der Waals surface area (Å²) in [5.41, 5.74) is 5.02. The summed E-state index contributed by atoms with van der Waals surface area (Å²) in [6, 6.07) is 0. The summed E-state index contributed by atoms with van der Waals surface area (Å²) in [7, 11) is 0. The van der Waals surface area contributed by atoms with Crippen LogP contribution in [0, 0.1) is 5.92 Å². The number of aliphatic hydroxyl groups excluding tert-OH is 2. The fourth-order valence-electron chi connectivity index (χ4n) is 0.691. The molecule has 0 saturated heterocycles. The van der Waals surface area contributed by atoms with Gasteiger partial charge >= 0.3 is 0 Å². The highest BCUT2D eigenvalue weighted by Gasteiger charge is 2.07. The van der Waals surface area contributed by atoms with E-state index >= 15 is 0 Å². The van der Waals surface area contributed by atoms with Crippen molar-refractivity contribution in [2.24, 2.45) is 11.7 Å². The Balaban J connectivity index is -0.0000000536. The third-order valence-electron chi connectivity index (χ3n) is 1.49. The van der Waals surface area contributed by atoms with Crippen molar-refractivity contribution in [3.63, 3.8) is 0 Å². The number of carboxylic acid groups (broad SMARTS) is 4. The lowest BCUT2D eigenvalue weighted by atomic mass is 10.0. The van der Waals surface area contributed by atoms with E-state index in [-0.39, 0.29) is 25.0 Å². The van der Waals surface area contributed by atoms with Crippen molar-refractivity contribution in [3.05, 3.63) is 0 Å². The predicted molar refractivity (Wildman–Crippen MR) is 101 cm³/mol. The van der Waals surface area contributed by atoms with Gasteiger partial charge in [0.15, 0.2) is 0 Å². The number of primary amides is 1. The second-order valence-corrected chi connectivity index (χ2v) is 4.44. The Labute approximate surface area is 164 Å². The Hall–Kier alpha value is -2.73. The van der Waals surface area contributed by atoms with E-state index in [1.807, 2.05) is 13.8 Å². The quantitative estimate of drug-likeness (QED) is 0.327. The number of rotatable bonds is 4. The maximum Gasteiger partial charge on any atom is 0.300 e. The van der Waals surface area contributed by atoms with Crippen molar-refractivity contribution in [1.82, 2.24) is 0 Å². The Bertz CT molecular complexity index is 328. The van der Waals surface area contributed by atoms with Crippen LogP contribution in [-0.4, -0.2) is 73.6 Å². The Morgan fingerprint density at radius 2 is 0.786 bits per heavy atom. The van der Waals surface area contributed by atoms with E-state index in [1.165, 1.54) is 0 Å². The predicted octanol–water partition coefficient (Wildman–Crippen LogP) is 0.243. The third-order valence-corrected chi connectivity index (χ3v) is 1.49. The molecule has 1 amide bonds. The number of hydrogen-bond donors (Lipinski definition) is 7. The highest BCUT2D eigenvalue weighted by atomic mass is 16.4. The molecule has 0 unspecified atom stereocenters. The molecule has 0 aromatic carbocycles. The molecule has 0 spiro atoms. The van der Waals surface area contributed by atoms with E-state index < -0.39 is 23.9 Å². The first-order valence-electron chi connectivity index (χ1n) is 7.86. The molecule has 0 aliphatic heterocycles. The molecular weight excluding hydrogens is 382 g/mol. The molecule has 0 aromatic heterocycles. The van der Waals surface area contributed by atoms with Crippen LogP contribution in [0.2, 0.25) is 0 Å². The van der Waals surface area contributed by atoms with Gasteiger partial charge < -0.3 is 36.4 Å². The standard InChI is InChI=1S/C6H13NO.4C2H4O2.C2H6O2/c1-3-5(4-2)6(7)8;4*1-2(3)4;3-1-2-4/h5H,3-4H2,1-2H3,(H2,7,8);4*1H3,(H,3,4);3-4H,1-2H2. The van der Waals surface area contributed by atoms with Crippen LogP contribution in [0.5, 0.6) is 0 Å². The summed E-state index contributed by atoms with van der Waals surface area (Å²) in [6.07, 6.45) is 1.73. The molecule has 0 heterocycles. The summed E-state index contributed by atoms with van der Waals surface area (Å²) in [5.74, 6) is -3.41. The molecule has 170 valence electrons. The van der Waals surface area contributed by atoms with Gasteiger partial charge in [-0.1, -0.05) is 13.8 Å². The monoisotopic (exact) mass is 417 g/mol. The minimum atomic E-state index is -0.833. The molecule has 12 nitrogen and oxygen atoms in total. The van der Waals surface area contributed by atoms with Gasteiger partial charge in [-0.3, -0.25) is 24.0 Å². The highest BCUT2D eigenvalue weighted by Crippen LogP contribution is 2.04. The maximum absolute atomic E-state index is 10.4. The molecule has 0 aromatic rings. The van der Waals surface area contributed by atoms with Crippen molar-refractivity contribution in [2.45, 2.75) is 54.4 Å². The van der Waals surface area contributed by atoms with Crippen molar-refractivity contribution < 1.29 is 54.6 Å². The third kappa shape index (κ3) is 294. The zero-order valence-corrected chi connectivity index (χ0v) is 17.2. The van der Waals surface area contributed by atoms with Gasteiger partial charge in [0, 0.05) is 33.6 Å². The molecule has 0 aliphatic carbocycles. The zero-order chi connectivity index (χ0) is 24.3. The van der Waals surface area contributed by atoms with Crippen molar-refractivity contribution in [2.75, 3.05) is 13.2 Å². The summed E-state index contributed by atoms with van der Waals surface area (Å²) in [5, 5.41) is 44.9. The summed E-state index contributed by atoms with van der Waals surface area (Å²) >= 11 is 0. The number of hydrogen-bond acceptors (Lipinski definition) is 7. The van der Waals surface area contributed by atoms with Gasteiger partial charge in [0.2, 0.25) is 5.91 Å². The Kier molecular flexibility index (Phi) is 50.7. The van der Waals surface area contributed by atoms with Crippen LogP contribution in [0.3, 0.4) is 0 Å². The second kappa shape index (κ2) is 35.4. The highest BCUT2D eigenvalue weighted by molar-refractivity contribution is 5.76. The van der Waals surface area contributed by atoms with Gasteiger partial charge in [-0.2, -0.15) is 0 Å². The van der Waals surface area contributed by atoms with Crippen LogP contribution in [0.4, 0.5) is 0 Å². The fourth-order valence-corrected chi connectivity index (χ4v) is 0.691. The topological polar surface area (TPSA) is 233 Å². The van der Waals surface area contributed by atoms with Crippen LogP contribution >= 0.6 is 0 Å². The minimum Gasteiger partial charge on any atom is -0.481 e. The van der Waals surface area contributed by atoms with Crippen molar-refractivity contribution >= 4 is 29.8 Å². The normalized spacial score (nSPS) is 7.46. The average Bonchev–Trinajstić information content (AvgIpc) is 2.46. The van der Waals surface area contributed by atoms with Crippen molar-refractivity contribution in [3.8, 4) is 0 Å². The number of amides is 1. The number of carboxylic acids is 4. The summed E-state index contributed by atoms with van der Waals surface area (Å²) in [4.78, 5) is 46.4. The second-order valence-electron chi connectivity index (χ2n) is 4.44. The maximum atomic E-state index is 10.4. The van der Waals surface area contributed by atoms with Gasteiger partial charge in [0.05, 0.1) is 13.2 Å². The molecule has 0 radical (unpaired) electrons. The molecule has 0 bridgehead atoms. The smallest absolute Gasteiger partial charge is 0.300 e. The first-order chi connectivity index (χ1) is 12.6. The van der Waals surface area contributed by atoms with Gasteiger partial charge in [-0.15, -0.1) is 0 Å².